The van der Waals surface area contributed by atoms with Crippen LogP contribution >= 0.6 is 0 Å². The first kappa shape index (κ1) is 16.4. The van der Waals surface area contributed by atoms with E-state index in [9.17, 15) is 8.42 Å². The molecule has 19 heavy (non-hydrogen) atoms. The molecule has 0 amide bonds. The lowest BCUT2D eigenvalue weighted by atomic mass is 10.0. The SMILES string of the molecule is CC(C)NS(=O)(=O)N1CCN(C(C)(C)C(=N)N)CC1. The first-order chi connectivity index (χ1) is 8.57. The minimum atomic E-state index is -3.40. The molecule has 1 heterocycles. The van der Waals surface area contributed by atoms with Crippen LogP contribution in [-0.4, -0.2) is 61.2 Å². The highest BCUT2D eigenvalue weighted by Crippen LogP contribution is 2.17. The second-order valence-corrected chi connectivity index (χ2v) is 7.34. The molecular formula is C11H25N5O2S. The molecule has 1 saturated heterocycles. The molecule has 1 rings (SSSR count). The molecule has 1 fully saturated rings. The van der Waals surface area contributed by atoms with Crippen molar-refractivity contribution in [1.29, 1.82) is 5.41 Å². The van der Waals surface area contributed by atoms with Gasteiger partial charge < -0.3 is 5.73 Å². The van der Waals surface area contributed by atoms with E-state index in [4.69, 9.17) is 11.1 Å². The maximum absolute atomic E-state index is 12.0. The molecule has 0 atom stereocenters. The highest BCUT2D eigenvalue weighted by atomic mass is 32.2. The van der Waals surface area contributed by atoms with Gasteiger partial charge in [0, 0.05) is 32.2 Å². The van der Waals surface area contributed by atoms with E-state index in [0.29, 0.717) is 26.2 Å². The van der Waals surface area contributed by atoms with Gasteiger partial charge in [0.15, 0.2) is 0 Å². The molecule has 0 radical (unpaired) electrons. The van der Waals surface area contributed by atoms with E-state index in [0.717, 1.165) is 0 Å². The van der Waals surface area contributed by atoms with Gasteiger partial charge in [-0.3, -0.25) is 10.3 Å². The zero-order chi connectivity index (χ0) is 14.8. The van der Waals surface area contributed by atoms with Crippen LogP contribution in [0, 0.1) is 5.41 Å². The summed E-state index contributed by atoms with van der Waals surface area (Å²) in [6.45, 7) is 9.34. The van der Waals surface area contributed by atoms with Crippen LogP contribution in [0.25, 0.3) is 0 Å². The minimum Gasteiger partial charge on any atom is -0.386 e. The van der Waals surface area contributed by atoms with Crippen molar-refractivity contribution < 1.29 is 8.42 Å². The summed E-state index contributed by atoms with van der Waals surface area (Å²) in [5.74, 6) is 0.101. The van der Waals surface area contributed by atoms with Gasteiger partial charge in [0.1, 0.15) is 5.84 Å². The van der Waals surface area contributed by atoms with E-state index in [-0.39, 0.29) is 11.9 Å². The first-order valence-corrected chi connectivity index (χ1v) is 7.88. The highest BCUT2D eigenvalue weighted by Gasteiger charge is 2.35. The fourth-order valence-corrected chi connectivity index (χ4v) is 3.42. The first-order valence-electron chi connectivity index (χ1n) is 6.44. The Morgan fingerprint density at radius 3 is 2.11 bits per heavy atom. The summed E-state index contributed by atoms with van der Waals surface area (Å²) in [5, 5.41) is 7.59. The van der Waals surface area contributed by atoms with Crippen LogP contribution in [0.1, 0.15) is 27.7 Å². The molecule has 1 aliphatic heterocycles. The zero-order valence-electron chi connectivity index (χ0n) is 12.1. The molecule has 0 aliphatic carbocycles. The van der Waals surface area contributed by atoms with Gasteiger partial charge in [-0.25, -0.2) is 0 Å². The van der Waals surface area contributed by atoms with Crippen molar-refractivity contribution in [3.63, 3.8) is 0 Å². The number of hydrogen-bond donors (Lipinski definition) is 3. The zero-order valence-corrected chi connectivity index (χ0v) is 12.9. The van der Waals surface area contributed by atoms with Crippen LogP contribution in [0.15, 0.2) is 0 Å². The predicted molar refractivity (Wildman–Crippen MR) is 76.3 cm³/mol. The number of hydrogen-bond acceptors (Lipinski definition) is 4. The van der Waals surface area contributed by atoms with Crippen molar-refractivity contribution in [3.05, 3.63) is 0 Å². The Balaban J connectivity index is 2.66. The van der Waals surface area contributed by atoms with Gasteiger partial charge in [-0.15, -0.1) is 0 Å². The molecule has 0 bridgehead atoms. The second kappa shape index (κ2) is 5.74. The number of nitrogens with one attached hydrogen (secondary N) is 2. The lowest BCUT2D eigenvalue weighted by molar-refractivity contribution is 0.120. The summed E-state index contributed by atoms with van der Waals surface area (Å²) in [4.78, 5) is 2.04. The summed E-state index contributed by atoms with van der Waals surface area (Å²) < 4.78 is 28.1. The van der Waals surface area contributed by atoms with Crippen LogP contribution in [-0.2, 0) is 10.2 Å². The fraction of sp³-hybridized carbons (Fsp3) is 0.909. The smallest absolute Gasteiger partial charge is 0.279 e. The molecule has 0 aromatic heterocycles. The Bertz CT molecular complexity index is 424. The molecule has 4 N–H and O–H groups in total. The van der Waals surface area contributed by atoms with Crippen LogP contribution in [0.3, 0.4) is 0 Å². The van der Waals surface area contributed by atoms with Crippen LogP contribution in [0.4, 0.5) is 0 Å². The predicted octanol–water partition coefficient (Wildman–Crippen LogP) is -0.439. The summed E-state index contributed by atoms with van der Waals surface area (Å²) >= 11 is 0. The molecule has 7 nitrogen and oxygen atoms in total. The van der Waals surface area contributed by atoms with Crippen molar-refractivity contribution in [2.45, 2.75) is 39.3 Å². The van der Waals surface area contributed by atoms with Gasteiger partial charge in [0.05, 0.1) is 5.54 Å². The largest absolute Gasteiger partial charge is 0.386 e. The Hall–Kier alpha value is -0.700. The van der Waals surface area contributed by atoms with Crippen LogP contribution < -0.4 is 10.5 Å². The van der Waals surface area contributed by atoms with Crippen molar-refractivity contribution in [1.82, 2.24) is 13.9 Å². The highest BCUT2D eigenvalue weighted by molar-refractivity contribution is 7.87. The van der Waals surface area contributed by atoms with Crippen molar-refractivity contribution in [2.24, 2.45) is 5.73 Å². The number of rotatable bonds is 5. The number of amidine groups is 1. The van der Waals surface area contributed by atoms with E-state index in [1.165, 1.54) is 4.31 Å². The average Bonchev–Trinajstić information content (AvgIpc) is 2.27. The molecule has 112 valence electrons. The topological polar surface area (TPSA) is 103 Å². The number of nitrogens with zero attached hydrogens (tertiary/aromatic N) is 2. The summed E-state index contributed by atoms with van der Waals surface area (Å²) in [7, 11) is -3.40. The third kappa shape index (κ3) is 3.88. The average molecular weight is 291 g/mol. The van der Waals surface area contributed by atoms with E-state index in [2.05, 4.69) is 4.72 Å². The third-order valence-corrected chi connectivity index (χ3v) is 5.23. The van der Waals surface area contributed by atoms with Gasteiger partial charge >= 0.3 is 0 Å². The molecule has 0 saturated carbocycles. The molecule has 1 aliphatic rings. The van der Waals surface area contributed by atoms with E-state index >= 15 is 0 Å². The second-order valence-electron chi connectivity index (χ2n) is 5.64. The molecule has 0 aromatic rings. The van der Waals surface area contributed by atoms with Gasteiger partial charge in [0.25, 0.3) is 10.2 Å². The quantitative estimate of drug-likeness (QED) is 0.472. The minimum absolute atomic E-state index is 0.101. The van der Waals surface area contributed by atoms with Crippen LogP contribution in [0.5, 0.6) is 0 Å². The molecule has 0 aromatic carbocycles. The molecule has 0 spiro atoms. The monoisotopic (exact) mass is 291 g/mol. The van der Waals surface area contributed by atoms with Crippen LogP contribution in [0.2, 0.25) is 0 Å². The number of nitrogens with two attached hydrogens (primary N) is 1. The standard InChI is InChI=1S/C11H25N5O2S/c1-9(2)14-19(17,18)16-7-5-15(6-8-16)11(3,4)10(12)13/h9,14H,5-8H2,1-4H3,(H3,12,13). The summed E-state index contributed by atoms with van der Waals surface area (Å²) in [6, 6.07) is -0.114. The maximum Gasteiger partial charge on any atom is 0.279 e. The van der Waals surface area contributed by atoms with E-state index in [1.54, 1.807) is 13.8 Å². The lowest BCUT2D eigenvalue weighted by Gasteiger charge is -2.42. The Labute approximate surface area is 115 Å². The fourth-order valence-electron chi connectivity index (χ4n) is 2.03. The third-order valence-electron chi connectivity index (χ3n) is 3.41. The van der Waals surface area contributed by atoms with Gasteiger partial charge in [-0.1, -0.05) is 0 Å². The van der Waals surface area contributed by atoms with E-state index in [1.807, 2.05) is 18.7 Å². The molecular weight excluding hydrogens is 266 g/mol. The van der Waals surface area contributed by atoms with Crippen molar-refractivity contribution >= 4 is 16.0 Å². The van der Waals surface area contributed by atoms with Gasteiger partial charge in [-0.2, -0.15) is 17.4 Å². The van der Waals surface area contributed by atoms with Crippen molar-refractivity contribution in [2.75, 3.05) is 26.2 Å². The Morgan fingerprint density at radius 1 is 1.26 bits per heavy atom. The molecule has 0 unspecified atom stereocenters. The number of piperazine rings is 1. The Kier molecular flexibility index (Phi) is 4.94. The van der Waals surface area contributed by atoms with Crippen molar-refractivity contribution in [3.8, 4) is 0 Å². The summed E-state index contributed by atoms with van der Waals surface area (Å²) in [6.07, 6.45) is 0. The maximum atomic E-state index is 12.0. The normalized spacial score (nSPS) is 19.8. The lowest BCUT2D eigenvalue weighted by Crippen LogP contribution is -2.61. The van der Waals surface area contributed by atoms with Gasteiger partial charge in [-0.05, 0) is 27.7 Å². The van der Waals surface area contributed by atoms with E-state index < -0.39 is 15.7 Å². The molecule has 8 heteroatoms. The summed E-state index contributed by atoms with van der Waals surface area (Å²) in [5.41, 5.74) is 5.06. The Morgan fingerprint density at radius 2 is 1.74 bits per heavy atom. The van der Waals surface area contributed by atoms with Gasteiger partial charge in [0.2, 0.25) is 0 Å².